The van der Waals surface area contributed by atoms with Gasteiger partial charge in [-0.05, 0) is 96.1 Å². The van der Waals surface area contributed by atoms with Crippen LogP contribution in [0, 0.1) is 0 Å². The maximum absolute atomic E-state index is 5.29. The van der Waals surface area contributed by atoms with Crippen LogP contribution >= 0.6 is 0 Å². The smallest absolute Gasteiger partial charge is 0.0716 e. The zero-order valence-electron chi connectivity index (χ0n) is 32.1. The molecule has 12 rings (SSSR count). The normalized spacial score (nSPS) is 11.7. The summed E-state index contributed by atoms with van der Waals surface area (Å²) in [6.45, 7) is 0. The summed E-state index contributed by atoms with van der Waals surface area (Å²) in [5, 5.41) is 6.14. The van der Waals surface area contributed by atoms with Gasteiger partial charge in [0, 0.05) is 61.3 Å². The lowest BCUT2D eigenvalue weighted by molar-refractivity contribution is 1.12. The molecule has 4 nitrogen and oxygen atoms in total. The standard InChI is InChI=1S/C55H36N4/c1-5-16-37(17-6-1)41-32-49(38-18-7-2-8-19-38)56-50(33-41)39-20-15-25-44(30-39)59-51-27-14-13-26-45(51)47-34-48-46-31-40-28-29-57(42-21-9-3-10-22-42)52(40)35-53(46)58(55(48)36-54(47)59)43-23-11-4-12-24-43/h1-36H. The zero-order valence-corrected chi connectivity index (χ0v) is 32.1. The van der Waals surface area contributed by atoms with Crippen LogP contribution in [0.3, 0.4) is 0 Å². The fraction of sp³-hybridized carbons (Fsp3) is 0. The fourth-order valence-electron chi connectivity index (χ4n) is 9.09. The van der Waals surface area contributed by atoms with Crippen LogP contribution in [0.1, 0.15) is 0 Å². The molecule has 0 aliphatic carbocycles. The average Bonchev–Trinajstić information content (AvgIpc) is 3.98. The Morgan fingerprint density at radius 1 is 0.288 bits per heavy atom. The molecule has 4 heterocycles. The van der Waals surface area contributed by atoms with Crippen molar-refractivity contribution in [1.82, 2.24) is 18.7 Å². The van der Waals surface area contributed by atoms with E-state index in [1.165, 1.54) is 54.6 Å². The minimum atomic E-state index is 0.936. The van der Waals surface area contributed by atoms with E-state index in [-0.39, 0.29) is 0 Å². The SMILES string of the molecule is c1ccc(-c2cc(-c3ccccc3)nc(-c3cccc(-n4c5ccccc5c5cc6c7cc8ccn(-c9ccccc9)c8cc7n(-c7ccccc7)c6cc54)c3)c2)cc1. The Hall–Kier alpha value is -7.95. The van der Waals surface area contributed by atoms with Gasteiger partial charge < -0.3 is 13.7 Å². The third kappa shape index (κ3) is 5.42. The van der Waals surface area contributed by atoms with Crippen LogP contribution in [0.15, 0.2) is 219 Å². The zero-order chi connectivity index (χ0) is 38.9. The molecular weight excluding hydrogens is 717 g/mol. The van der Waals surface area contributed by atoms with Gasteiger partial charge in [0.1, 0.15) is 0 Å². The minimum Gasteiger partial charge on any atom is -0.316 e. The Labute approximate surface area is 341 Å². The van der Waals surface area contributed by atoms with Crippen LogP contribution in [0.5, 0.6) is 0 Å². The molecule has 0 spiro atoms. The van der Waals surface area contributed by atoms with E-state index in [4.69, 9.17) is 4.98 Å². The van der Waals surface area contributed by atoms with Crippen molar-refractivity contribution < 1.29 is 0 Å². The highest BCUT2D eigenvalue weighted by molar-refractivity contribution is 6.20. The Kier molecular flexibility index (Phi) is 7.50. The van der Waals surface area contributed by atoms with Gasteiger partial charge in [-0.15, -0.1) is 0 Å². The number of rotatable bonds is 6. The van der Waals surface area contributed by atoms with Gasteiger partial charge in [0.25, 0.3) is 0 Å². The number of nitrogens with zero attached hydrogens (tertiary/aromatic N) is 4. The van der Waals surface area contributed by atoms with Gasteiger partial charge in [0.15, 0.2) is 0 Å². The second-order valence-electron chi connectivity index (χ2n) is 15.3. The Bertz CT molecular complexity index is 3460. The van der Waals surface area contributed by atoms with E-state index in [0.717, 1.165) is 50.7 Å². The summed E-state index contributed by atoms with van der Waals surface area (Å²) in [4.78, 5) is 5.29. The maximum Gasteiger partial charge on any atom is 0.0716 e. The highest BCUT2D eigenvalue weighted by Crippen LogP contribution is 2.42. The lowest BCUT2D eigenvalue weighted by atomic mass is 10.00. The van der Waals surface area contributed by atoms with E-state index in [2.05, 4.69) is 232 Å². The van der Waals surface area contributed by atoms with Crippen LogP contribution in [-0.2, 0) is 0 Å². The second kappa shape index (κ2) is 13.3. The molecule has 0 saturated carbocycles. The first kappa shape index (κ1) is 33.2. The van der Waals surface area contributed by atoms with E-state index in [0.29, 0.717) is 0 Å². The van der Waals surface area contributed by atoms with E-state index in [9.17, 15) is 0 Å². The molecule has 0 atom stereocenters. The van der Waals surface area contributed by atoms with Crippen LogP contribution in [-0.4, -0.2) is 18.7 Å². The number of pyridine rings is 1. The third-order valence-corrected chi connectivity index (χ3v) is 11.8. The lowest BCUT2D eigenvalue weighted by Crippen LogP contribution is -1.97. The number of aromatic nitrogens is 4. The first-order valence-electron chi connectivity index (χ1n) is 20.1. The third-order valence-electron chi connectivity index (χ3n) is 11.8. The summed E-state index contributed by atoms with van der Waals surface area (Å²) in [6.07, 6.45) is 2.18. The monoisotopic (exact) mass is 752 g/mol. The predicted octanol–water partition coefficient (Wildman–Crippen LogP) is 14.2. The second-order valence-corrected chi connectivity index (χ2v) is 15.3. The summed E-state index contributed by atoms with van der Waals surface area (Å²) in [6, 6.07) is 76.3. The average molecular weight is 753 g/mol. The summed E-state index contributed by atoms with van der Waals surface area (Å²) >= 11 is 0. The van der Waals surface area contributed by atoms with Crippen molar-refractivity contribution in [3.05, 3.63) is 219 Å². The maximum atomic E-state index is 5.29. The quantitative estimate of drug-likeness (QED) is 0.166. The fourth-order valence-corrected chi connectivity index (χ4v) is 9.09. The van der Waals surface area contributed by atoms with Gasteiger partial charge in [-0.1, -0.05) is 127 Å². The van der Waals surface area contributed by atoms with E-state index in [1.807, 2.05) is 0 Å². The summed E-state index contributed by atoms with van der Waals surface area (Å²) in [5.74, 6) is 0. The van der Waals surface area contributed by atoms with Crippen molar-refractivity contribution in [3.63, 3.8) is 0 Å². The molecule has 8 aromatic carbocycles. The molecule has 4 heteroatoms. The Morgan fingerprint density at radius 3 is 1.54 bits per heavy atom. The molecule has 12 aromatic rings. The number of hydrogen-bond donors (Lipinski definition) is 0. The van der Waals surface area contributed by atoms with Gasteiger partial charge >= 0.3 is 0 Å². The van der Waals surface area contributed by atoms with Gasteiger partial charge in [0.05, 0.1) is 39.0 Å². The number of para-hydroxylation sites is 3. The summed E-state index contributed by atoms with van der Waals surface area (Å²) in [7, 11) is 0. The van der Waals surface area contributed by atoms with Crippen LogP contribution in [0.4, 0.5) is 0 Å². The van der Waals surface area contributed by atoms with Crippen molar-refractivity contribution in [2.24, 2.45) is 0 Å². The highest BCUT2D eigenvalue weighted by atomic mass is 15.0. The molecule has 4 aromatic heterocycles. The van der Waals surface area contributed by atoms with Crippen molar-refractivity contribution >= 4 is 54.5 Å². The van der Waals surface area contributed by atoms with Crippen molar-refractivity contribution in [1.29, 1.82) is 0 Å². The van der Waals surface area contributed by atoms with Crippen molar-refractivity contribution in [2.45, 2.75) is 0 Å². The molecule has 0 radical (unpaired) electrons. The first-order chi connectivity index (χ1) is 29.2. The predicted molar refractivity (Wildman–Crippen MR) is 246 cm³/mol. The summed E-state index contributed by atoms with van der Waals surface area (Å²) < 4.78 is 7.16. The molecule has 0 fully saturated rings. The number of hydrogen-bond acceptors (Lipinski definition) is 1. The number of fused-ring (bicyclic) bond motifs is 7. The molecule has 0 aliphatic rings. The minimum absolute atomic E-state index is 0.936. The molecule has 0 saturated heterocycles. The molecule has 0 amide bonds. The van der Waals surface area contributed by atoms with E-state index < -0.39 is 0 Å². The molecule has 0 bridgehead atoms. The van der Waals surface area contributed by atoms with Gasteiger partial charge in [-0.3, -0.25) is 0 Å². The van der Waals surface area contributed by atoms with Gasteiger partial charge in [0.2, 0.25) is 0 Å². The van der Waals surface area contributed by atoms with Crippen molar-refractivity contribution in [2.75, 3.05) is 0 Å². The molecular formula is C55H36N4. The van der Waals surface area contributed by atoms with Crippen LogP contribution in [0.2, 0.25) is 0 Å². The van der Waals surface area contributed by atoms with Crippen LogP contribution < -0.4 is 0 Å². The Balaban J connectivity index is 1.10. The van der Waals surface area contributed by atoms with E-state index >= 15 is 0 Å². The topological polar surface area (TPSA) is 27.7 Å². The highest BCUT2D eigenvalue weighted by Gasteiger charge is 2.20. The van der Waals surface area contributed by atoms with Crippen LogP contribution in [0.25, 0.3) is 105 Å². The number of benzene rings is 8. The van der Waals surface area contributed by atoms with Gasteiger partial charge in [-0.2, -0.15) is 0 Å². The van der Waals surface area contributed by atoms with Gasteiger partial charge in [-0.25, -0.2) is 4.98 Å². The summed E-state index contributed by atoms with van der Waals surface area (Å²) in [5.41, 5.74) is 15.6. The molecule has 0 N–H and O–H groups in total. The van der Waals surface area contributed by atoms with E-state index in [1.54, 1.807) is 0 Å². The molecule has 59 heavy (non-hydrogen) atoms. The van der Waals surface area contributed by atoms with Crippen molar-refractivity contribution in [3.8, 4) is 50.7 Å². The lowest BCUT2D eigenvalue weighted by Gasteiger charge is -2.13. The first-order valence-corrected chi connectivity index (χ1v) is 20.1. The molecule has 276 valence electrons. The molecule has 0 unspecified atom stereocenters. The molecule has 0 aliphatic heterocycles. The Morgan fingerprint density at radius 2 is 0.814 bits per heavy atom. The largest absolute Gasteiger partial charge is 0.316 e.